The van der Waals surface area contributed by atoms with Gasteiger partial charge in [-0.3, -0.25) is 4.90 Å². The molecular weight excluding hydrogens is 336 g/mol. The number of aryl methyl sites for hydroxylation is 2. The Morgan fingerprint density at radius 3 is 2.41 bits per heavy atom. The third kappa shape index (κ3) is 4.45. The second kappa shape index (κ2) is 8.20. The van der Waals surface area contributed by atoms with Gasteiger partial charge in [0.05, 0.1) is 11.6 Å². The maximum atomic E-state index is 12.1. The van der Waals surface area contributed by atoms with Gasteiger partial charge in [-0.2, -0.15) is 5.26 Å². The molecule has 0 aliphatic carbocycles. The Morgan fingerprint density at radius 1 is 1.04 bits per heavy atom. The van der Waals surface area contributed by atoms with Gasteiger partial charge in [0.15, 0.2) is 0 Å². The molecule has 2 aromatic carbocycles. The van der Waals surface area contributed by atoms with E-state index >= 15 is 0 Å². The third-order valence-electron chi connectivity index (χ3n) is 4.87. The molecule has 0 aliphatic rings. The first-order valence-corrected chi connectivity index (χ1v) is 9.25. The van der Waals surface area contributed by atoms with Gasteiger partial charge in [0.1, 0.15) is 5.58 Å². The molecule has 0 saturated carbocycles. The molecule has 0 N–H and O–H groups in total. The van der Waals surface area contributed by atoms with Crippen molar-refractivity contribution in [1.29, 1.82) is 5.26 Å². The standard InChI is InChI=1S/C23H24N2O2/c1-4-9-25(14-19-7-5-18(13-24)6-8-19)15-20-12-23(26)27-22-11-17(3)16(2)10-21(20)22/h5-8,10-12H,4,9,14-15H2,1-3H3. The number of hydrogen-bond acceptors (Lipinski definition) is 4. The number of nitriles is 1. The number of hydrogen-bond donors (Lipinski definition) is 0. The van der Waals surface area contributed by atoms with Crippen LogP contribution in [0.5, 0.6) is 0 Å². The van der Waals surface area contributed by atoms with Crippen LogP contribution in [0.25, 0.3) is 11.0 Å². The van der Waals surface area contributed by atoms with Gasteiger partial charge >= 0.3 is 5.63 Å². The molecule has 27 heavy (non-hydrogen) atoms. The van der Waals surface area contributed by atoms with Gasteiger partial charge in [-0.25, -0.2) is 4.79 Å². The summed E-state index contributed by atoms with van der Waals surface area (Å²) in [6, 6.07) is 15.5. The van der Waals surface area contributed by atoms with Crippen LogP contribution in [0.2, 0.25) is 0 Å². The van der Waals surface area contributed by atoms with E-state index in [1.807, 2.05) is 37.3 Å². The van der Waals surface area contributed by atoms with Gasteiger partial charge in [0, 0.05) is 24.5 Å². The third-order valence-corrected chi connectivity index (χ3v) is 4.87. The average molecular weight is 360 g/mol. The van der Waals surface area contributed by atoms with E-state index in [1.54, 1.807) is 6.07 Å². The summed E-state index contributed by atoms with van der Waals surface area (Å²) in [7, 11) is 0. The fourth-order valence-electron chi connectivity index (χ4n) is 3.33. The largest absolute Gasteiger partial charge is 0.423 e. The molecule has 0 amide bonds. The van der Waals surface area contributed by atoms with Crippen LogP contribution in [0.4, 0.5) is 0 Å². The summed E-state index contributed by atoms with van der Waals surface area (Å²) in [5.74, 6) is 0. The Labute approximate surface area is 159 Å². The van der Waals surface area contributed by atoms with Crippen molar-refractivity contribution < 1.29 is 4.42 Å². The van der Waals surface area contributed by atoms with E-state index in [2.05, 4.69) is 30.9 Å². The van der Waals surface area contributed by atoms with Crippen molar-refractivity contribution in [3.63, 3.8) is 0 Å². The fraction of sp³-hybridized carbons (Fsp3) is 0.304. The zero-order chi connectivity index (χ0) is 19.4. The minimum Gasteiger partial charge on any atom is -0.423 e. The summed E-state index contributed by atoms with van der Waals surface area (Å²) in [5, 5.41) is 9.96. The van der Waals surface area contributed by atoms with Crippen LogP contribution in [0, 0.1) is 25.2 Å². The molecule has 4 heteroatoms. The second-order valence-electron chi connectivity index (χ2n) is 7.04. The first-order chi connectivity index (χ1) is 13.0. The summed E-state index contributed by atoms with van der Waals surface area (Å²) in [5.41, 5.74) is 5.45. The Balaban J connectivity index is 1.92. The predicted molar refractivity (Wildman–Crippen MR) is 108 cm³/mol. The lowest BCUT2D eigenvalue weighted by Crippen LogP contribution is -2.24. The van der Waals surface area contributed by atoms with Gasteiger partial charge in [0.2, 0.25) is 0 Å². The lowest BCUT2D eigenvalue weighted by atomic mass is 10.0. The SMILES string of the molecule is CCCN(Cc1ccc(C#N)cc1)Cc1cc(=O)oc2cc(C)c(C)cc12. The Bertz CT molecular complexity index is 1040. The van der Waals surface area contributed by atoms with Crippen LogP contribution in [-0.2, 0) is 13.1 Å². The number of fused-ring (bicyclic) bond motifs is 1. The molecule has 1 heterocycles. The molecule has 3 rings (SSSR count). The lowest BCUT2D eigenvalue weighted by molar-refractivity contribution is 0.257. The summed E-state index contributed by atoms with van der Waals surface area (Å²) in [6.45, 7) is 8.62. The molecule has 1 aromatic heterocycles. The van der Waals surface area contributed by atoms with Crippen molar-refractivity contribution in [2.75, 3.05) is 6.54 Å². The van der Waals surface area contributed by atoms with Crippen LogP contribution >= 0.6 is 0 Å². The summed E-state index contributed by atoms with van der Waals surface area (Å²) in [4.78, 5) is 14.4. The maximum absolute atomic E-state index is 12.1. The molecule has 4 nitrogen and oxygen atoms in total. The molecule has 0 unspecified atom stereocenters. The number of rotatable bonds is 6. The highest BCUT2D eigenvalue weighted by molar-refractivity contribution is 5.81. The Morgan fingerprint density at radius 2 is 1.74 bits per heavy atom. The first-order valence-electron chi connectivity index (χ1n) is 9.25. The molecule has 0 radical (unpaired) electrons. The first kappa shape index (κ1) is 18.9. The van der Waals surface area contributed by atoms with Crippen molar-refractivity contribution in [2.24, 2.45) is 0 Å². The van der Waals surface area contributed by atoms with Crippen molar-refractivity contribution >= 4 is 11.0 Å². The van der Waals surface area contributed by atoms with E-state index in [0.717, 1.165) is 41.6 Å². The zero-order valence-electron chi connectivity index (χ0n) is 16.1. The molecular formula is C23H24N2O2. The Hall–Kier alpha value is -2.90. The van der Waals surface area contributed by atoms with E-state index in [4.69, 9.17) is 9.68 Å². The minimum atomic E-state index is -0.310. The molecule has 0 bridgehead atoms. The van der Waals surface area contributed by atoms with Gasteiger partial charge in [0.25, 0.3) is 0 Å². The van der Waals surface area contributed by atoms with Crippen LogP contribution < -0.4 is 5.63 Å². The maximum Gasteiger partial charge on any atom is 0.336 e. The highest BCUT2D eigenvalue weighted by Gasteiger charge is 2.12. The molecule has 0 atom stereocenters. The molecule has 0 fully saturated rings. The monoisotopic (exact) mass is 360 g/mol. The van der Waals surface area contributed by atoms with Crippen molar-refractivity contribution in [1.82, 2.24) is 4.90 Å². The fourth-order valence-corrected chi connectivity index (χ4v) is 3.33. The van der Waals surface area contributed by atoms with Gasteiger partial charge in [-0.15, -0.1) is 0 Å². The smallest absolute Gasteiger partial charge is 0.336 e. The van der Waals surface area contributed by atoms with E-state index in [9.17, 15) is 4.79 Å². The van der Waals surface area contributed by atoms with Crippen LogP contribution in [-0.4, -0.2) is 11.4 Å². The Kier molecular flexibility index (Phi) is 5.73. The van der Waals surface area contributed by atoms with E-state index in [0.29, 0.717) is 17.7 Å². The predicted octanol–water partition coefficient (Wildman–Crippen LogP) is 4.69. The molecule has 0 saturated heterocycles. The van der Waals surface area contributed by atoms with Gasteiger partial charge in [-0.05, 0) is 73.3 Å². The van der Waals surface area contributed by atoms with Crippen LogP contribution in [0.15, 0.2) is 51.7 Å². The number of benzene rings is 2. The van der Waals surface area contributed by atoms with Crippen molar-refractivity contribution in [3.8, 4) is 6.07 Å². The van der Waals surface area contributed by atoms with Gasteiger partial charge < -0.3 is 4.42 Å². The van der Waals surface area contributed by atoms with E-state index in [1.165, 1.54) is 5.56 Å². The zero-order valence-corrected chi connectivity index (χ0v) is 16.1. The summed E-state index contributed by atoms with van der Waals surface area (Å²) < 4.78 is 5.42. The second-order valence-corrected chi connectivity index (χ2v) is 7.04. The molecule has 0 spiro atoms. The van der Waals surface area contributed by atoms with Crippen LogP contribution in [0.1, 0.15) is 41.2 Å². The highest BCUT2D eigenvalue weighted by atomic mass is 16.4. The topological polar surface area (TPSA) is 57.2 Å². The minimum absolute atomic E-state index is 0.310. The van der Waals surface area contributed by atoms with E-state index in [-0.39, 0.29) is 5.63 Å². The average Bonchev–Trinajstić information content (AvgIpc) is 2.64. The quantitative estimate of drug-likeness (QED) is 0.598. The van der Waals surface area contributed by atoms with Crippen molar-refractivity contribution in [2.45, 2.75) is 40.3 Å². The van der Waals surface area contributed by atoms with E-state index < -0.39 is 0 Å². The highest BCUT2D eigenvalue weighted by Crippen LogP contribution is 2.23. The normalized spacial score (nSPS) is 11.1. The molecule has 138 valence electrons. The number of nitrogens with zero attached hydrogens (tertiary/aromatic N) is 2. The summed E-state index contributed by atoms with van der Waals surface area (Å²) in [6.07, 6.45) is 1.02. The molecule has 0 aliphatic heterocycles. The van der Waals surface area contributed by atoms with Gasteiger partial charge in [-0.1, -0.05) is 19.1 Å². The van der Waals surface area contributed by atoms with Crippen molar-refractivity contribution in [3.05, 3.63) is 80.7 Å². The lowest BCUT2D eigenvalue weighted by Gasteiger charge is -2.22. The summed E-state index contributed by atoms with van der Waals surface area (Å²) >= 11 is 0. The molecule has 3 aromatic rings. The van der Waals surface area contributed by atoms with Crippen LogP contribution in [0.3, 0.4) is 0 Å².